The van der Waals surface area contributed by atoms with Gasteiger partial charge in [0.2, 0.25) is 0 Å². The molecule has 3 nitrogen and oxygen atoms in total. The number of allylic oxidation sites excluding steroid dienone is 1. The average molecular weight is 221 g/mol. The van der Waals surface area contributed by atoms with Crippen molar-refractivity contribution in [2.45, 2.75) is 45.1 Å². The van der Waals surface area contributed by atoms with Crippen molar-refractivity contribution >= 4 is 11.8 Å². The van der Waals surface area contributed by atoms with E-state index in [-0.39, 0.29) is 17.9 Å². The van der Waals surface area contributed by atoms with E-state index in [4.69, 9.17) is 0 Å². The van der Waals surface area contributed by atoms with Gasteiger partial charge in [0.05, 0.1) is 0 Å². The van der Waals surface area contributed by atoms with Crippen LogP contribution in [-0.2, 0) is 9.59 Å². The summed E-state index contributed by atoms with van der Waals surface area (Å²) in [6, 6.07) is 0.170. The van der Waals surface area contributed by atoms with E-state index in [9.17, 15) is 9.59 Å². The second-order valence-corrected chi connectivity index (χ2v) is 4.08. The van der Waals surface area contributed by atoms with E-state index < -0.39 is 0 Å². The summed E-state index contributed by atoms with van der Waals surface area (Å²) in [6.07, 6.45) is 9.98. The standard InChI is InChI=1S/C10H13NO2.C3H6/c12-9-6-7-10(13)11(9)8-4-2-1-3-5-8;1-3-2/h6-8H,1-5H2;3H,1H2,2H3. The summed E-state index contributed by atoms with van der Waals surface area (Å²) < 4.78 is 0. The van der Waals surface area contributed by atoms with Crippen molar-refractivity contribution in [2.75, 3.05) is 0 Å². The largest absolute Gasteiger partial charge is 0.272 e. The topological polar surface area (TPSA) is 37.4 Å². The van der Waals surface area contributed by atoms with Crippen molar-refractivity contribution in [3.63, 3.8) is 0 Å². The van der Waals surface area contributed by atoms with E-state index in [1.165, 1.54) is 23.5 Å². The molecule has 1 fully saturated rings. The molecule has 0 radical (unpaired) electrons. The first-order chi connectivity index (χ1) is 7.70. The number of imide groups is 1. The zero-order chi connectivity index (χ0) is 12.0. The summed E-state index contributed by atoms with van der Waals surface area (Å²) in [7, 11) is 0. The highest BCUT2D eigenvalue weighted by Crippen LogP contribution is 2.24. The number of amides is 2. The first kappa shape index (κ1) is 12.7. The quantitative estimate of drug-likeness (QED) is 0.504. The highest BCUT2D eigenvalue weighted by Gasteiger charge is 2.31. The van der Waals surface area contributed by atoms with E-state index in [2.05, 4.69) is 6.58 Å². The third-order valence-electron chi connectivity index (χ3n) is 2.78. The van der Waals surface area contributed by atoms with Crippen LogP contribution in [0.3, 0.4) is 0 Å². The summed E-state index contributed by atoms with van der Waals surface area (Å²) in [5.74, 6) is -0.256. The summed E-state index contributed by atoms with van der Waals surface area (Å²) in [5, 5.41) is 0. The minimum atomic E-state index is -0.128. The predicted octanol–water partition coefficient (Wildman–Crippen LogP) is 2.44. The number of rotatable bonds is 1. The van der Waals surface area contributed by atoms with Gasteiger partial charge in [-0.05, 0) is 19.8 Å². The second kappa shape index (κ2) is 6.26. The monoisotopic (exact) mass is 221 g/mol. The number of nitrogens with zero attached hydrogens (tertiary/aromatic N) is 1. The second-order valence-electron chi connectivity index (χ2n) is 4.08. The highest BCUT2D eigenvalue weighted by molar-refractivity contribution is 6.13. The Hall–Kier alpha value is -1.38. The molecule has 1 saturated carbocycles. The molecule has 0 unspecified atom stereocenters. The normalized spacial score (nSPS) is 20.7. The average Bonchev–Trinajstić information content (AvgIpc) is 2.61. The lowest BCUT2D eigenvalue weighted by Crippen LogP contribution is -2.41. The van der Waals surface area contributed by atoms with Gasteiger partial charge >= 0.3 is 0 Å². The zero-order valence-corrected chi connectivity index (χ0v) is 9.82. The first-order valence-electron chi connectivity index (χ1n) is 5.83. The fourth-order valence-electron chi connectivity index (χ4n) is 2.11. The summed E-state index contributed by atoms with van der Waals surface area (Å²) in [4.78, 5) is 24.0. The number of carbonyl (C=O) groups is 2. The lowest BCUT2D eigenvalue weighted by molar-refractivity contribution is -0.140. The van der Waals surface area contributed by atoms with E-state index in [1.54, 1.807) is 6.08 Å². The van der Waals surface area contributed by atoms with Crippen LogP contribution < -0.4 is 0 Å². The van der Waals surface area contributed by atoms with Crippen LogP contribution in [-0.4, -0.2) is 22.8 Å². The fourth-order valence-corrected chi connectivity index (χ4v) is 2.11. The van der Waals surface area contributed by atoms with Crippen LogP contribution in [0.2, 0.25) is 0 Å². The number of hydrogen-bond acceptors (Lipinski definition) is 2. The fraction of sp³-hybridized carbons (Fsp3) is 0.538. The molecule has 0 aromatic carbocycles. The Labute approximate surface area is 96.8 Å². The molecule has 1 aliphatic carbocycles. The SMILES string of the molecule is C=CC.O=C1C=CC(=O)N1C1CCCCC1. The predicted molar refractivity (Wildman–Crippen MR) is 63.7 cm³/mol. The Morgan fingerprint density at radius 2 is 1.62 bits per heavy atom. The third kappa shape index (κ3) is 3.05. The van der Waals surface area contributed by atoms with Crippen molar-refractivity contribution in [2.24, 2.45) is 0 Å². The molecule has 0 aromatic rings. The summed E-state index contributed by atoms with van der Waals surface area (Å²) in [5.41, 5.74) is 0. The minimum absolute atomic E-state index is 0.128. The van der Waals surface area contributed by atoms with Crippen molar-refractivity contribution in [1.82, 2.24) is 4.90 Å². The maximum absolute atomic E-state index is 11.3. The van der Waals surface area contributed by atoms with Crippen molar-refractivity contribution < 1.29 is 9.59 Å². The minimum Gasteiger partial charge on any atom is -0.272 e. The zero-order valence-electron chi connectivity index (χ0n) is 9.82. The lowest BCUT2D eigenvalue weighted by atomic mass is 9.94. The Morgan fingerprint density at radius 3 is 2.06 bits per heavy atom. The third-order valence-corrected chi connectivity index (χ3v) is 2.78. The summed E-state index contributed by atoms with van der Waals surface area (Å²) in [6.45, 7) is 5.25. The molecule has 88 valence electrons. The van der Waals surface area contributed by atoms with E-state index >= 15 is 0 Å². The van der Waals surface area contributed by atoms with E-state index in [1.807, 2.05) is 6.92 Å². The molecule has 0 aromatic heterocycles. The van der Waals surface area contributed by atoms with Gasteiger partial charge in [-0.15, -0.1) is 6.58 Å². The lowest BCUT2D eigenvalue weighted by Gasteiger charge is -2.29. The Balaban J connectivity index is 0.000000386. The maximum Gasteiger partial charge on any atom is 0.253 e. The Kier molecular flexibility index (Phi) is 4.96. The molecule has 0 N–H and O–H groups in total. The van der Waals surface area contributed by atoms with Crippen LogP contribution >= 0.6 is 0 Å². The van der Waals surface area contributed by atoms with Gasteiger partial charge in [0.25, 0.3) is 11.8 Å². The molecule has 1 heterocycles. The molecule has 3 heteroatoms. The van der Waals surface area contributed by atoms with Gasteiger partial charge in [-0.2, -0.15) is 0 Å². The van der Waals surface area contributed by atoms with E-state index in [0.29, 0.717) is 0 Å². The molecule has 16 heavy (non-hydrogen) atoms. The van der Waals surface area contributed by atoms with Crippen molar-refractivity contribution in [3.05, 3.63) is 24.8 Å². The van der Waals surface area contributed by atoms with Gasteiger partial charge in [-0.25, -0.2) is 0 Å². The van der Waals surface area contributed by atoms with Crippen molar-refractivity contribution in [1.29, 1.82) is 0 Å². The maximum atomic E-state index is 11.3. The van der Waals surface area contributed by atoms with Gasteiger partial charge in [-0.3, -0.25) is 14.5 Å². The van der Waals surface area contributed by atoms with Crippen LogP contribution in [0.15, 0.2) is 24.8 Å². The van der Waals surface area contributed by atoms with Gasteiger partial charge in [0, 0.05) is 18.2 Å². The number of hydrogen-bond donors (Lipinski definition) is 0. The van der Waals surface area contributed by atoms with Crippen LogP contribution in [0.25, 0.3) is 0 Å². The van der Waals surface area contributed by atoms with E-state index in [0.717, 1.165) is 25.7 Å². The molecule has 0 atom stereocenters. The van der Waals surface area contributed by atoms with Crippen LogP contribution in [0, 0.1) is 0 Å². The van der Waals surface area contributed by atoms with Crippen LogP contribution in [0.4, 0.5) is 0 Å². The van der Waals surface area contributed by atoms with Gasteiger partial charge in [-0.1, -0.05) is 25.3 Å². The summed E-state index contributed by atoms with van der Waals surface area (Å²) >= 11 is 0. The molecular formula is C13H19NO2. The smallest absolute Gasteiger partial charge is 0.253 e. The molecule has 2 aliphatic rings. The molecule has 2 amide bonds. The Bertz CT molecular complexity index is 283. The Morgan fingerprint density at radius 1 is 1.19 bits per heavy atom. The highest BCUT2D eigenvalue weighted by atomic mass is 16.2. The van der Waals surface area contributed by atoms with Crippen LogP contribution in [0.5, 0.6) is 0 Å². The van der Waals surface area contributed by atoms with Gasteiger partial charge in [0.1, 0.15) is 0 Å². The van der Waals surface area contributed by atoms with Gasteiger partial charge < -0.3 is 0 Å². The first-order valence-corrected chi connectivity index (χ1v) is 5.83. The number of carbonyl (C=O) groups excluding carboxylic acids is 2. The molecule has 1 aliphatic heterocycles. The molecule has 0 bridgehead atoms. The molecule has 2 rings (SSSR count). The van der Waals surface area contributed by atoms with Crippen molar-refractivity contribution in [3.8, 4) is 0 Å². The van der Waals surface area contributed by atoms with Gasteiger partial charge in [0.15, 0.2) is 0 Å². The van der Waals surface area contributed by atoms with Crippen LogP contribution in [0.1, 0.15) is 39.0 Å². The molecule has 0 saturated heterocycles. The molecule has 0 spiro atoms. The molecular weight excluding hydrogens is 202 g/mol.